The lowest BCUT2D eigenvalue weighted by Gasteiger charge is -2.31. The molecule has 15 heavy (non-hydrogen) atoms. The van der Waals surface area contributed by atoms with Gasteiger partial charge in [0.15, 0.2) is 0 Å². The lowest BCUT2D eigenvalue weighted by molar-refractivity contribution is 0.588. The molecule has 0 saturated carbocycles. The van der Waals surface area contributed by atoms with Crippen LogP contribution in [0.1, 0.15) is 11.1 Å². The minimum atomic E-state index is 0.908. The van der Waals surface area contributed by atoms with Gasteiger partial charge in [-0.15, -0.1) is 0 Å². The van der Waals surface area contributed by atoms with Crippen molar-refractivity contribution >= 4 is 17.3 Å². The summed E-state index contributed by atoms with van der Waals surface area (Å²) in [5.74, 6) is 0. The number of hydrogen-bond acceptors (Lipinski definition) is 2. The molecule has 3 heteroatoms. The van der Waals surface area contributed by atoms with Crippen LogP contribution in [0.15, 0.2) is 12.1 Å². The Morgan fingerprint density at radius 2 is 1.87 bits per heavy atom. The van der Waals surface area contributed by atoms with Gasteiger partial charge in [0, 0.05) is 36.9 Å². The number of piperazine rings is 1. The molecule has 2 nitrogen and oxygen atoms in total. The fourth-order valence-corrected chi connectivity index (χ4v) is 2.22. The number of nitrogens with one attached hydrogen (secondary N) is 1. The largest absolute Gasteiger partial charge is 0.369 e. The van der Waals surface area contributed by atoms with E-state index >= 15 is 0 Å². The first-order valence-electron chi connectivity index (χ1n) is 5.41. The van der Waals surface area contributed by atoms with E-state index in [0.29, 0.717) is 0 Å². The van der Waals surface area contributed by atoms with Gasteiger partial charge in [-0.3, -0.25) is 0 Å². The second-order valence-electron chi connectivity index (χ2n) is 4.08. The highest BCUT2D eigenvalue weighted by Crippen LogP contribution is 2.29. The zero-order chi connectivity index (χ0) is 10.8. The van der Waals surface area contributed by atoms with Crippen molar-refractivity contribution in [1.82, 2.24) is 5.32 Å². The molecule has 0 spiro atoms. The Morgan fingerprint density at radius 3 is 2.53 bits per heavy atom. The molecule has 1 saturated heterocycles. The molecule has 1 heterocycles. The molecule has 0 amide bonds. The van der Waals surface area contributed by atoms with E-state index in [9.17, 15) is 0 Å². The van der Waals surface area contributed by atoms with Crippen molar-refractivity contribution in [1.29, 1.82) is 0 Å². The highest BCUT2D eigenvalue weighted by Gasteiger charge is 2.14. The van der Waals surface area contributed by atoms with Crippen LogP contribution in [0.5, 0.6) is 0 Å². The summed E-state index contributed by atoms with van der Waals surface area (Å²) in [5.41, 5.74) is 3.65. The standard InChI is InChI=1S/C12H17ClN2/c1-9-3-4-11(10(2)12(9)13)15-7-5-14-6-8-15/h3-4,14H,5-8H2,1-2H3. The Bertz CT molecular complexity index is 357. The fourth-order valence-electron chi connectivity index (χ4n) is 2.06. The van der Waals surface area contributed by atoms with Gasteiger partial charge in [-0.1, -0.05) is 17.7 Å². The first kappa shape index (κ1) is 10.8. The summed E-state index contributed by atoms with van der Waals surface area (Å²) in [5, 5.41) is 4.26. The van der Waals surface area contributed by atoms with E-state index in [4.69, 9.17) is 11.6 Å². The Balaban J connectivity index is 2.31. The smallest absolute Gasteiger partial charge is 0.0485 e. The molecule has 1 fully saturated rings. The van der Waals surface area contributed by atoms with Crippen molar-refractivity contribution in [2.45, 2.75) is 13.8 Å². The van der Waals surface area contributed by atoms with Gasteiger partial charge in [-0.25, -0.2) is 0 Å². The average molecular weight is 225 g/mol. The molecule has 82 valence electrons. The summed E-state index contributed by atoms with van der Waals surface area (Å²) in [7, 11) is 0. The van der Waals surface area contributed by atoms with Crippen molar-refractivity contribution in [2.24, 2.45) is 0 Å². The van der Waals surface area contributed by atoms with Crippen molar-refractivity contribution in [3.05, 3.63) is 28.3 Å². The molecular weight excluding hydrogens is 208 g/mol. The Labute approximate surface area is 96.2 Å². The van der Waals surface area contributed by atoms with Crippen molar-refractivity contribution in [3.63, 3.8) is 0 Å². The van der Waals surface area contributed by atoms with Crippen LogP contribution < -0.4 is 10.2 Å². The van der Waals surface area contributed by atoms with Crippen LogP contribution in [0.25, 0.3) is 0 Å². The van der Waals surface area contributed by atoms with Crippen LogP contribution in [-0.2, 0) is 0 Å². The molecule has 0 aliphatic carbocycles. The number of rotatable bonds is 1. The number of benzene rings is 1. The maximum atomic E-state index is 6.26. The monoisotopic (exact) mass is 224 g/mol. The maximum Gasteiger partial charge on any atom is 0.0485 e. The van der Waals surface area contributed by atoms with E-state index < -0.39 is 0 Å². The van der Waals surface area contributed by atoms with Gasteiger partial charge in [0.25, 0.3) is 0 Å². The Kier molecular flexibility index (Phi) is 3.17. The van der Waals surface area contributed by atoms with Crippen molar-refractivity contribution in [2.75, 3.05) is 31.1 Å². The first-order valence-corrected chi connectivity index (χ1v) is 5.79. The minimum absolute atomic E-state index is 0.908. The summed E-state index contributed by atoms with van der Waals surface area (Å²) in [4.78, 5) is 2.40. The molecule has 0 bridgehead atoms. The predicted molar refractivity (Wildman–Crippen MR) is 66.0 cm³/mol. The van der Waals surface area contributed by atoms with Gasteiger partial charge in [0.1, 0.15) is 0 Å². The minimum Gasteiger partial charge on any atom is -0.369 e. The lowest BCUT2D eigenvalue weighted by Crippen LogP contribution is -2.43. The van der Waals surface area contributed by atoms with Gasteiger partial charge in [-0.05, 0) is 31.0 Å². The molecule has 1 aliphatic heterocycles. The molecular formula is C12H17ClN2. The number of hydrogen-bond donors (Lipinski definition) is 1. The van der Waals surface area contributed by atoms with Crippen LogP contribution in [0.3, 0.4) is 0 Å². The van der Waals surface area contributed by atoms with Crippen LogP contribution >= 0.6 is 11.6 Å². The third-order valence-electron chi connectivity index (χ3n) is 3.01. The van der Waals surface area contributed by atoms with Gasteiger partial charge < -0.3 is 10.2 Å². The van der Waals surface area contributed by atoms with Gasteiger partial charge in [0.2, 0.25) is 0 Å². The van der Waals surface area contributed by atoms with Gasteiger partial charge >= 0.3 is 0 Å². The van der Waals surface area contributed by atoms with Gasteiger partial charge in [-0.2, -0.15) is 0 Å². The van der Waals surface area contributed by atoms with Crippen molar-refractivity contribution in [3.8, 4) is 0 Å². The van der Waals surface area contributed by atoms with Crippen LogP contribution in [-0.4, -0.2) is 26.2 Å². The number of nitrogens with zero attached hydrogens (tertiary/aromatic N) is 1. The maximum absolute atomic E-state index is 6.26. The fraction of sp³-hybridized carbons (Fsp3) is 0.500. The van der Waals surface area contributed by atoms with E-state index in [2.05, 4.69) is 36.2 Å². The quantitative estimate of drug-likeness (QED) is 0.788. The van der Waals surface area contributed by atoms with E-state index in [1.807, 2.05) is 0 Å². The van der Waals surface area contributed by atoms with E-state index in [1.54, 1.807) is 0 Å². The molecule has 0 radical (unpaired) electrons. The second kappa shape index (κ2) is 4.42. The predicted octanol–water partition coefficient (Wildman–Crippen LogP) is 2.37. The average Bonchev–Trinajstić information content (AvgIpc) is 2.27. The number of aryl methyl sites for hydroxylation is 1. The third kappa shape index (κ3) is 2.11. The molecule has 0 unspecified atom stereocenters. The third-order valence-corrected chi connectivity index (χ3v) is 3.59. The first-order chi connectivity index (χ1) is 7.20. The zero-order valence-electron chi connectivity index (χ0n) is 9.31. The summed E-state index contributed by atoms with van der Waals surface area (Å²) >= 11 is 6.26. The summed E-state index contributed by atoms with van der Waals surface area (Å²) in [6, 6.07) is 4.29. The molecule has 1 aromatic rings. The molecule has 1 aliphatic rings. The lowest BCUT2D eigenvalue weighted by atomic mass is 10.1. The molecule has 1 N–H and O–H groups in total. The van der Waals surface area contributed by atoms with Crippen LogP contribution in [0.4, 0.5) is 5.69 Å². The summed E-state index contributed by atoms with van der Waals surface area (Å²) in [6.07, 6.45) is 0. The highest BCUT2D eigenvalue weighted by molar-refractivity contribution is 6.32. The summed E-state index contributed by atoms with van der Waals surface area (Å²) < 4.78 is 0. The van der Waals surface area contributed by atoms with E-state index in [0.717, 1.165) is 36.8 Å². The normalized spacial score (nSPS) is 16.9. The number of anilines is 1. The second-order valence-corrected chi connectivity index (χ2v) is 4.46. The molecule has 1 aromatic carbocycles. The Hall–Kier alpha value is -0.730. The topological polar surface area (TPSA) is 15.3 Å². The van der Waals surface area contributed by atoms with E-state index in [1.165, 1.54) is 11.3 Å². The SMILES string of the molecule is Cc1ccc(N2CCNCC2)c(C)c1Cl. The Morgan fingerprint density at radius 1 is 1.20 bits per heavy atom. The highest BCUT2D eigenvalue weighted by atomic mass is 35.5. The zero-order valence-corrected chi connectivity index (χ0v) is 10.1. The van der Waals surface area contributed by atoms with Gasteiger partial charge in [0.05, 0.1) is 0 Å². The van der Waals surface area contributed by atoms with E-state index in [-0.39, 0.29) is 0 Å². The van der Waals surface area contributed by atoms with Crippen LogP contribution in [0, 0.1) is 13.8 Å². The summed E-state index contributed by atoms with van der Waals surface area (Å²) in [6.45, 7) is 8.42. The van der Waals surface area contributed by atoms with Crippen LogP contribution in [0.2, 0.25) is 5.02 Å². The van der Waals surface area contributed by atoms with Crippen molar-refractivity contribution < 1.29 is 0 Å². The molecule has 0 atom stereocenters. The molecule has 0 aromatic heterocycles. The number of halogens is 1. The molecule has 2 rings (SSSR count).